The van der Waals surface area contributed by atoms with E-state index in [1.54, 1.807) is 6.07 Å². The van der Waals surface area contributed by atoms with Crippen LogP contribution < -0.4 is 16.2 Å². The number of carbonyl (C=O) groups is 1. The largest absolute Gasteiger partial charge is 0.380 e. The number of likely N-dealkylation sites (tertiary alicyclic amines) is 1. The second kappa shape index (κ2) is 7.13. The summed E-state index contributed by atoms with van der Waals surface area (Å²) in [6, 6.07) is 6.81. The summed E-state index contributed by atoms with van der Waals surface area (Å²) in [5, 5.41) is 3.37. The summed E-state index contributed by atoms with van der Waals surface area (Å²) in [6.45, 7) is 4.08. The van der Waals surface area contributed by atoms with Gasteiger partial charge in [-0.3, -0.25) is 10.2 Å². The number of rotatable bonds is 3. The molecule has 1 spiro atoms. The lowest BCUT2D eigenvalue weighted by atomic mass is 9.88. The van der Waals surface area contributed by atoms with Crippen LogP contribution in [0.4, 0.5) is 10.1 Å². The third kappa shape index (κ3) is 3.70. The van der Waals surface area contributed by atoms with Crippen molar-refractivity contribution in [3.8, 4) is 0 Å². The lowest BCUT2D eigenvalue weighted by molar-refractivity contribution is -0.141. The summed E-state index contributed by atoms with van der Waals surface area (Å²) in [5.74, 6) is -0.0870. The van der Waals surface area contributed by atoms with Crippen LogP contribution in [-0.2, 0) is 9.53 Å². The molecule has 0 aromatic heterocycles. The van der Waals surface area contributed by atoms with E-state index in [4.69, 9.17) is 4.74 Å². The molecule has 3 aliphatic rings. The predicted molar refractivity (Wildman–Crippen MR) is 97.1 cm³/mol. The third-order valence-corrected chi connectivity index (χ3v) is 5.65. The Labute approximate surface area is 153 Å². The molecule has 0 bridgehead atoms. The Kier molecular flexibility index (Phi) is 4.86. The highest BCUT2D eigenvalue weighted by molar-refractivity contribution is 5.82. The van der Waals surface area contributed by atoms with Gasteiger partial charge in [-0.05, 0) is 44.4 Å². The van der Waals surface area contributed by atoms with E-state index in [0.29, 0.717) is 19.2 Å². The number of halogens is 1. The molecule has 142 valence electrons. The van der Waals surface area contributed by atoms with E-state index in [1.165, 1.54) is 12.1 Å². The third-order valence-electron chi connectivity index (χ3n) is 5.65. The highest BCUT2D eigenvalue weighted by atomic mass is 19.1. The van der Waals surface area contributed by atoms with Gasteiger partial charge in [-0.2, -0.15) is 0 Å². The molecule has 6 nitrogen and oxygen atoms in total. The molecule has 3 saturated heterocycles. The first-order valence-electron chi connectivity index (χ1n) is 9.49. The normalized spacial score (nSPS) is 34.4. The van der Waals surface area contributed by atoms with E-state index >= 15 is 0 Å². The van der Waals surface area contributed by atoms with Crippen LogP contribution in [0, 0.1) is 5.82 Å². The summed E-state index contributed by atoms with van der Waals surface area (Å²) in [5.41, 5.74) is 6.71. The van der Waals surface area contributed by atoms with Crippen molar-refractivity contribution in [2.45, 2.75) is 56.3 Å². The van der Waals surface area contributed by atoms with Gasteiger partial charge in [0.05, 0.1) is 18.2 Å². The van der Waals surface area contributed by atoms with Crippen LogP contribution in [0.25, 0.3) is 0 Å². The Hall–Kier alpha value is -1.70. The van der Waals surface area contributed by atoms with Gasteiger partial charge in [0.2, 0.25) is 5.91 Å². The monoisotopic (exact) mass is 362 g/mol. The summed E-state index contributed by atoms with van der Waals surface area (Å²) < 4.78 is 19.6. The average Bonchev–Trinajstić information content (AvgIpc) is 3.21. The molecule has 3 heterocycles. The summed E-state index contributed by atoms with van der Waals surface area (Å²) in [7, 11) is 0. The van der Waals surface area contributed by atoms with Crippen LogP contribution in [0.3, 0.4) is 0 Å². The molecule has 0 aliphatic carbocycles. The number of nitrogens with zero attached hydrogens (tertiary/aromatic N) is 1. The van der Waals surface area contributed by atoms with Gasteiger partial charge in [0.15, 0.2) is 0 Å². The lowest BCUT2D eigenvalue weighted by Gasteiger charge is -2.40. The first-order chi connectivity index (χ1) is 12.5. The zero-order valence-electron chi connectivity index (χ0n) is 15.1. The number of benzene rings is 1. The number of hydrogen-bond acceptors (Lipinski definition) is 5. The Morgan fingerprint density at radius 1 is 1.42 bits per heavy atom. The smallest absolute Gasteiger partial charge is 0.241 e. The maximum Gasteiger partial charge on any atom is 0.241 e. The zero-order valence-corrected chi connectivity index (χ0v) is 15.1. The van der Waals surface area contributed by atoms with Crippen LogP contribution in [0.15, 0.2) is 24.3 Å². The van der Waals surface area contributed by atoms with Crippen LogP contribution in [0.5, 0.6) is 0 Å². The number of hydrogen-bond donors (Lipinski definition) is 3. The van der Waals surface area contributed by atoms with E-state index in [0.717, 1.165) is 37.9 Å². The van der Waals surface area contributed by atoms with Crippen molar-refractivity contribution in [3.05, 3.63) is 30.1 Å². The first kappa shape index (κ1) is 17.7. The van der Waals surface area contributed by atoms with Crippen molar-refractivity contribution >= 4 is 11.6 Å². The van der Waals surface area contributed by atoms with Gasteiger partial charge in [0, 0.05) is 31.2 Å². The number of hydrazine groups is 1. The summed E-state index contributed by atoms with van der Waals surface area (Å²) in [4.78, 5) is 14.8. The number of piperidine rings is 1. The fourth-order valence-corrected chi connectivity index (χ4v) is 4.42. The highest BCUT2D eigenvalue weighted by Crippen LogP contribution is 2.36. The fraction of sp³-hybridized carbons (Fsp3) is 0.632. The van der Waals surface area contributed by atoms with Crippen molar-refractivity contribution in [3.63, 3.8) is 0 Å². The molecule has 3 aliphatic heterocycles. The molecular weight excluding hydrogens is 335 g/mol. The van der Waals surface area contributed by atoms with Gasteiger partial charge < -0.3 is 15.0 Å². The Balaban J connectivity index is 1.37. The average molecular weight is 362 g/mol. The van der Waals surface area contributed by atoms with E-state index < -0.39 is 0 Å². The minimum Gasteiger partial charge on any atom is -0.380 e. The topological polar surface area (TPSA) is 65.6 Å². The van der Waals surface area contributed by atoms with Gasteiger partial charge in [0.25, 0.3) is 0 Å². The van der Waals surface area contributed by atoms with Crippen LogP contribution in [0.1, 0.15) is 32.6 Å². The Morgan fingerprint density at radius 3 is 3.08 bits per heavy atom. The summed E-state index contributed by atoms with van der Waals surface area (Å²) in [6.07, 6.45) is 3.56. The molecule has 3 fully saturated rings. The van der Waals surface area contributed by atoms with E-state index in [-0.39, 0.29) is 29.4 Å². The van der Waals surface area contributed by atoms with Gasteiger partial charge in [-0.1, -0.05) is 6.07 Å². The van der Waals surface area contributed by atoms with Crippen molar-refractivity contribution < 1.29 is 13.9 Å². The molecular formula is C19H27FN4O2. The minimum atomic E-state index is -0.281. The maximum absolute atomic E-state index is 13.4. The Morgan fingerprint density at radius 2 is 2.31 bits per heavy atom. The number of anilines is 1. The van der Waals surface area contributed by atoms with Crippen molar-refractivity contribution in [1.82, 2.24) is 15.8 Å². The second-order valence-corrected chi connectivity index (χ2v) is 7.89. The Bertz CT molecular complexity index is 673. The molecule has 1 amide bonds. The molecule has 0 radical (unpaired) electrons. The zero-order chi connectivity index (χ0) is 18.1. The van der Waals surface area contributed by atoms with Crippen molar-refractivity contribution in [1.29, 1.82) is 0 Å². The SMILES string of the molecule is CC1CC(C(=O)N2CCCC3(CC(Nc4cccc(F)c4)CO3)C2)NN1. The van der Waals surface area contributed by atoms with Crippen LogP contribution in [0.2, 0.25) is 0 Å². The number of ether oxygens (including phenoxy) is 1. The van der Waals surface area contributed by atoms with Gasteiger partial charge in [0.1, 0.15) is 11.9 Å². The maximum atomic E-state index is 13.4. The molecule has 1 aromatic rings. The summed E-state index contributed by atoms with van der Waals surface area (Å²) >= 11 is 0. The molecule has 0 saturated carbocycles. The fourth-order valence-electron chi connectivity index (χ4n) is 4.42. The molecule has 7 heteroatoms. The van der Waals surface area contributed by atoms with Gasteiger partial charge in [-0.25, -0.2) is 9.82 Å². The molecule has 26 heavy (non-hydrogen) atoms. The number of carbonyl (C=O) groups excluding carboxylic acids is 1. The lowest BCUT2D eigenvalue weighted by Crippen LogP contribution is -2.54. The highest BCUT2D eigenvalue weighted by Gasteiger charge is 2.45. The molecule has 1 aromatic carbocycles. The van der Waals surface area contributed by atoms with Gasteiger partial charge in [-0.15, -0.1) is 0 Å². The second-order valence-electron chi connectivity index (χ2n) is 7.89. The molecule has 4 unspecified atom stereocenters. The van der Waals surface area contributed by atoms with Crippen LogP contribution in [-0.4, -0.2) is 54.2 Å². The quantitative estimate of drug-likeness (QED) is 0.763. The van der Waals surface area contributed by atoms with E-state index in [1.807, 2.05) is 11.0 Å². The van der Waals surface area contributed by atoms with E-state index in [9.17, 15) is 9.18 Å². The number of nitrogens with one attached hydrogen (secondary N) is 3. The van der Waals surface area contributed by atoms with Crippen molar-refractivity contribution in [2.24, 2.45) is 0 Å². The predicted octanol–water partition coefficient (Wildman–Crippen LogP) is 1.64. The molecule has 4 atom stereocenters. The minimum absolute atomic E-state index is 0.137. The molecule has 3 N–H and O–H groups in total. The van der Waals surface area contributed by atoms with E-state index in [2.05, 4.69) is 23.1 Å². The standard InChI is InChI=1S/C19H27FN4O2/c1-13-8-17(23-22-13)18(25)24-7-3-6-19(12-24)10-16(11-26-19)21-15-5-2-4-14(20)9-15/h2,4-5,9,13,16-17,21-23H,3,6-8,10-12H2,1H3. The van der Waals surface area contributed by atoms with Crippen LogP contribution >= 0.6 is 0 Å². The number of amides is 1. The molecule has 4 rings (SSSR count). The first-order valence-corrected chi connectivity index (χ1v) is 9.49. The van der Waals surface area contributed by atoms with Gasteiger partial charge >= 0.3 is 0 Å². The van der Waals surface area contributed by atoms with Crippen molar-refractivity contribution in [2.75, 3.05) is 25.0 Å².